The molecule has 0 spiro atoms. The first-order valence-electron chi connectivity index (χ1n) is 6.13. The first kappa shape index (κ1) is 13.2. The van der Waals surface area contributed by atoms with Crippen molar-refractivity contribution in [2.45, 2.75) is 38.3 Å². The number of amides is 1. The van der Waals surface area contributed by atoms with Gasteiger partial charge in [0.2, 0.25) is 0 Å². The Morgan fingerprint density at radius 3 is 3.06 bits per heavy atom. The molecule has 1 fully saturated rings. The van der Waals surface area contributed by atoms with Gasteiger partial charge in [-0.25, -0.2) is 9.97 Å². The van der Waals surface area contributed by atoms with Gasteiger partial charge < -0.3 is 10.6 Å². The number of hydrogen-bond donors (Lipinski definition) is 1. The summed E-state index contributed by atoms with van der Waals surface area (Å²) in [7, 11) is 0. The van der Waals surface area contributed by atoms with Crippen LogP contribution >= 0.6 is 11.6 Å². The van der Waals surface area contributed by atoms with E-state index in [0.29, 0.717) is 6.54 Å². The normalized spacial score (nSPS) is 21.7. The zero-order valence-corrected chi connectivity index (χ0v) is 11.1. The van der Waals surface area contributed by atoms with Crippen LogP contribution in [-0.4, -0.2) is 39.4 Å². The van der Waals surface area contributed by atoms with Crippen molar-refractivity contribution in [3.05, 3.63) is 23.2 Å². The van der Waals surface area contributed by atoms with E-state index < -0.39 is 0 Å². The van der Waals surface area contributed by atoms with Gasteiger partial charge in [0.05, 0.1) is 5.02 Å². The summed E-state index contributed by atoms with van der Waals surface area (Å²) in [6, 6.07) is 0.0205. The van der Waals surface area contributed by atoms with Gasteiger partial charge in [0.1, 0.15) is 12.0 Å². The third kappa shape index (κ3) is 2.62. The Morgan fingerprint density at radius 2 is 2.39 bits per heavy atom. The molecule has 2 N–H and O–H groups in total. The highest BCUT2D eigenvalue weighted by atomic mass is 35.5. The molecule has 18 heavy (non-hydrogen) atoms. The average molecular weight is 269 g/mol. The van der Waals surface area contributed by atoms with E-state index in [4.69, 9.17) is 17.3 Å². The molecule has 2 unspecified atom stereocenters. The van der Waals surface area contributed by atoms with Crippen LogP contribution in [0.1, 0.15) is 36.7 Å². The summed E-state index contributed by atoms with van der Waals surface area (Å²) in [4.78, 5) is 22.0. The molecule has 98 valence electrons. The second kappa shape index (κ2) is 5.63. The van der Waals surface area contributed by atoms with Crippen LogP contribution in [0, 0.1) is 0 Å². The second-order valence-electron chi connectivity index (χ2n) is 4.64. The molecule has 1 aromatic heterocycles. The van der Waals surface area contributed by atoms with Gasteiger partial charge >= 0.3 is 0 Å². The molecule has 0 radical (unpaired) electrons. The van der Waals surface area contributed by atoms with Gasteiger partial charge in [0.25, 0.3) is 5.91 Å². The number of halogens is 1. The molecule has 2 heterocycles. The number of likely N-dealkylation sites (tertiary alicyclic amines) is 1. The molecule has 1 amide bonds. The lowest BCUT2D eigenvalue weighted by Crippen LogP contribution is -2.51. The highest BCUT2D eigenvalue weighted by molar-refractivity contribution is 6.33. The van der Waals surface area contributed by atoms with Gasteiger partial charge in [-0.1, -0.05) is 11.6 Å². The molecule has 0 saturated carbocycles. The monoisotopic (exact) mass is 268 g/mol. The van der Waals surface area contributed by atoms with E-state index in [9.17, 15) is 4.79 Å². The van der Waals surface area contributed by atoms with Crippen molar-refractivity contribution in [3.63, 3.8) is 0 Å². The van der Waals surface area contributed by atoms with Crippen molar-refractivity contribution in [2.75, 3.05) is 6.54 Å². The van der Waals surface area contributed by atoms with Crippen molar-refractivity contribution in [1.29, 1.82) is 0 Å². The van der Waals surface area contributed by atoms with Crippen LogP contribution < -0.4 is 5.73 Å². The van der Waals surface area contributed by atoms with E-state index >= 15 is 0 Å². The Hall–Kier alpha value is -1.20. The number of carbonyl (C=O) groups is 1. The number of carbonyl (C=O) groups excluding carboxylic acids is 1. The van der Waals surface area contributed by atoms with E-state index in [2.05, 4.69) is 9.97 Å². The van der Waals surface area contributed by atoms with Gasteiger partial charge in [-0.2, -0.15) is 0 Å². The first-order chi connectivity index (χ1) is 8.61. The number of hydrogen-bond acceptors (Lipinski definition) is 4. The molecule has 1 saturated heterocycles. The molecule has 0 aromatic carbocycles. The van der Waals surface area contributed by atoms with Crippen LogP contribution in [0.4, 0.5) is 0 Å². The van der Waals surface area contributed by atoms with Crippen molar-refractivity contribution in [3.8, 4) is 0 Å². The molecule has 5 nitrogen and oxygen atoms in total. The number of nitrogens with two attached hydrogens (primary N) is 1. The highest BCUT2D eigenvalue weighted by Crippen LogP contribution is 2.22. The lowest BCUT2D eigenvalue weighted by Gasteiger charge is -2.37. The van der Waals surface area contributed by atoms with Crippen LogP contribution in [0.2, 0.25) is 5.02 Å². The topological polar surface area (TPSA) is 72.1 Å². The van der Waals surface area contributed by atoms with E-state index in [0.717, 1.165) is 19.3 Å². The zero-order chi connectivity index (χ0) is 13.1. The van der Waals surface area contributed by atoms with Crippen LogP contribution in [0.15, 0.2) is 12.5 Å². The van der Waals surface area contributed by atoms with Crippen LogP contribution in [0.5, 0.6) is 0 Å². The minimum Gasteiger partial charge on any atom is -0.333 e. The smallest absolute Gasteiger partial charge is 0.274 e. The number of piperidine rings is 1. The minimum absolute atomic E-state index is 0.0464. The second-order valence-corrected chi connectivity index (χ2v) is 5.05. The summed E-state index contributed by atoms with van der Waals surface area (Å²) in [6.45, 7) is 2.64. The molecule has 6 heteroatoms. The summed E-state index contributed by atoms with van der Waals surface area (Å²) < 4.78 is 0. The molecular formula is C12H17ClN4O. The quantitative estimate of drug-likeness (QED) is 0.882. The molecule has 2 rings (SSSR count). The summed E-state index contributed by atoms with van der Waals surface area (Å²) >= 11 is 5.96. The van der Waals surface area contributed by atoms with Gasteiger partial charge in [0, 0.05) is 24.8 Å². The third-order valence-corrected chi connectivity index (χ3v) is 3.56. The third-order valence-electron chi connectivity index (χ3n) is 3.29. The van der Waals surface area contributed by atoms with E-state index in [1.165, 1.54) is 12.5 Å². The van der Waals surface area contributed by atoms with E-state index in [-0.39, 0.29) is 28.7 Å². The number of aromatic nitrogens is 2. The SMILES string of the molecule is CC(N)C1CCCCN1C(=O)c1ncncc1Cl. The van der Waals surface area contributed by atoms with E-state index in [1.807, 2.05) is 6.92 Å². The number of rotatable bonds is 2. The minimum atomic E-state index is -0.149. The highest BCUT2D eigenvalue weighted by Gasteiger charge is 2.31. The van der Waals surface area contributed by atoms with Crippen molar-refractivity contribution < 1.29 is 4.79 Å². The average Bonchev–Trinajstić information content (AvgIpc) is 2.38. The lowest BCUT2D eigenvalue weighted by molar-refractivity contribution is 0.0577. The van der Waals surface area contributed by atoms with Crippen LogP contribution in [0.3, 0.4) is 0 Å². The Morgan fingerprint density at radius 1 is 1.61 bits per heavy atom. The maximum Gasteiger partial charge on any atom is 0.274 e. The van der Waals surface area contributed by atoms with Crippen LogP contribution in [0.25, 0.3) is 0 Å². The van der Waals surface area contributed by atoms with Crippen molar-refractivity contribution >= 4 is 17.5 Å². The lowest BCUT2D eigenvalue weighted by atomic mass is 9.96. The summed E-state index contributed by atoms with van der Waals surface area (Å²) in [6.07, 6.45) is 5.81. The van der Waals surface area contributed by atoms with Crippen LogP contribution in [-0.2, 0) is 0 Å². The fraction of sp³-hybridized carbons (Fsp3) is 0.583. The predicted octanol–water partition coefficient (Wildman–Crippen LogP) is 1.47. The van der Waals surface area contributed by atoms with Crippen molar-refractivity contribution in [2.24, 2.45) is 5.73 Å². The van der Waals surface area contributed by atoms with Gasteiger partial charge in [-0.15, -0.1) is 0 Å². The molecule has 0 bridgehead atoms. The van der Waals surface area contributed by atoms with Gasteiger partial charge in [0.15, 0.2) is 0 Å². The van der Waals surface area contributed by atoms with Gasteiger partial charge in [-0.3, -0.25) is 4.79 Å². The Bertz CT molecular complexity index is 438. The first-order valence-corrected chi connectivity index (χ1v) is 6.51. The molecular weight excluding hydrogens is 252 g/mol. The Balaban J connectivity index is 2.24. The van der Waals surface area contributed by atoms with E-state index in [1.54, 1.807) is 4.90 Å². The summed E-state index contributed by atoms with van der Waals surface area (Å²) in [5.41, 5.74) is 6.21. The van der Waals surface area contributed by atoms with Gasteiger partial charge in [-0.05, 0) is 26.2 Å². The Labute approximate surface area is 111 Å². The molecule has 1 aliphatic rings. The molecule has 0 aliphatic carbocycles. The summed E-state index contributed by atoms with van der Waals surface area (Å²) in [5, 5.41) is 0.288. The largest absolute Gasteiger partial charge is 0.333 e. The fourth-order valence-corrected chi connectivity index (χ4v) is 2.55. The standard InChI is InChI=1S/C12H17ClN4O/c1-8(14)10-4-2-3-5-17(10)12(18)11-9(13)6-15-7-16-11/h6-8,10H,2-5,14H2,1H3. The fourth-order valence-electron chi connectivity index (χ4n) is 2.36. The maximum absolute atomic E-state index is 12.4. The molecule has 1 aliphatic heterocycles. The molecule has 2 atom stereocenters. The Kier molecular flexibility index (Phi) is 4.14. The number of nitrogens with zero attached hydrogens (tertiary/aromatic N) is 3. The maximum atomic E-state index is 12.4. The molecule has 1 aromatic rings. The summed E-state index contributed by atoms with van der Waals surface area (Å²) in [5.74, 6) is -0.149. The van der Waals surface area contributed by atoms with Crippen molar-refractivity contribution in [1.82, 2.24) is 14.9 Å². The zero-order valence-electron chi connectivity index (χ0n) is 10.3. The predicted molar refractivity (Wildman–Crippen MR) is 69.4 cm³/mol.